The van der Waals surface area contributed by atoms with E-state index in [0.717, 1.165) is 12.8 Å². The minimum Gasteiger partial charge on any atom is -0.465 e. The summed E-state index contributed by atoms with van der Waals surface area (Å²) < 4.78 is 32.0. The number of benzene rings is 1. The summed E-state index contributed by atoms with van der Waals surface area (Å²) in [4.78, 5) is 11.8. The van der Waals surface area contributed by atoms with Crippen LogP contribution >= 0.6 is 12.4 Å². The van der Waals surface area contributed by atoms with E-state index in [4.69, 9.17) is 5.73 Å². The second kappa shape index (κ2) is 7.00. The fourth-order valence-corrected chi connectivity index (χ4v) is 5.53. The van der Waals surface area contributed by atoms with Crippen LogP contribution in [0, 0.1) is 18.8 Å². The van der Waals surface area contributed by atoms with Crippen LogP contribution in [0.5, 0.6) is 0 Å². The minimum absolute atomic E-state index is 0. The second-order valence-corrected chi connectivity index (χ2v) is 8.37. The molecule has 1 aromatic carbocycles. The third-order valence-corrected chi connectivity index (χ3v) is 7.08. The number of ether oxygens (including phenoxy) is 1. The zero-order chi connectivity index (χ0) is 16.8. The van der Waals surface area contributed by atoms with Gasteiger partial charge in [-0.3, -0.25) is 0 Å². The van der Waals surface area contributed by atoms with Crippen molar-refractivity contribution in [2.24, 2.45) is 17.6 Å². The number of sulfonamides is 1. The van der Waals surface area contributed by atoms with Gasteiger partial charge in [0.05, 0.1) is 17.6 Å². The number of carbonyl (C=O) groups excluding carboxylic acids is 1. The van der Waals surface area contributed by atoms with Gasteiger partial charge in [-0.1, -0.05) is 0 Å². The summed E-state index contributed by atoms with van der Waals surface area (Å²) in [6.45, 7) is 2.73. The van der Waals surface area contributed by atoms with Gasteiger partial charge >= 0.3 is 5.97 Å². The third kappa shape index (κ3) is 3.18. The van der Waals surface area contributed by atoms with Gasteiger partial charge in [0.1, 0.15) is 0 Å². The molecule has 2 fully saturated rings. The Morgan fingerprint density at radius 3 is 2.58 bits per heavy atom. The van der Waals surface area contributed by atoms with E-state index in [1.54, 1.807) is 17.3 Å². The molecule has 8 heteroatoms. The highest BCUT2D eigenvalue weighted by atomic mass is 35.5. The fraction of sp³-hybridized carbons (Fsp3) is 0.562. The Labute approximate surface area is 148 Å². The van der Waals surface area contributed by atoms with Crippen LogP contribution in [0.1, 0.15) is 28.8 Å². The van der Waals surface area contributed by atoms with Crippen LogP contribution in [0.15, 0.2) is 23.1 Å². The first-order chi connectivity index (χ1) is 10.8. The Kier molecular flexibility index (Phi) is 5.59. The van der Waals surface area contributed by atoms with E-state index in [0.29, 0.717) is 30.1 Å². The van der Waals surface area contributed by atoms with Crippen molar-refractivity contribution in [1.29, 1.82) is 0 Å². The number of nitrogens with zero attached hydrogens (tertiary/aromatic N) is 1. The zero-order valence-electron chi connectivity index (χ0n) is 13.8. The third-order valence-electron chi connectivity index (χ3n) is 5.09. The monoisotopic (exact) mass is 374 g/mol. The Bertz CT molecular complexity index is 738. The van der Waals surface area contributed by atoms with E-state index in [-0.39, 0.29) is 29.3 Å². The van der Waals surface area contributed by atoms with Crippen LogP contribution in [-0.4, -0.2) is 44.9 Å². The van der Waals surface area contributed by atoms with Crippen molar-refractivity contribution in [1.82, 2.24) is 4.31 Å². The molecule has 1 saturated heterocycles. The SMILES string of the molecule is COC(=O)c1ccc(S(=O)(=O)N2CC3CCC(N)C3C2)c(C)c1.Cl. The lowest BCUT2D eigenvalue weighted by molar-refractivity contribution is 0.0600. The van der Waals surface area contributed by atoms with Gasteiger partial charge in [-0.15, -0.1) is 12.4 Å². The summed E-state index contributed by atoms with van der Waals surface area (Å²) in [6.07, 6.45) is 1.98. The molecule has 0 bridgehead atoms. The Balaban J connectivity index is 0.00000208. The summed E-state index contributed by atoms with van der Waals surface area (Å²) in [7, 11) is -2.26. The number of methoxy groups -OCH3 is 1. The molecular formula is C16H23ClN2O4S. The summed E-state index contributed by atoms with van der Waals surface area (Å²) in [5, 5.41) is 0. The van der Waals surface area contributed by atoms with Gasteiger partial charge in [0.15, 0.2) is 0 Å². The van der Waals surface area contributed by atoms with Crippen LogP contribution in [0.3, 0.4) is 0 Å². The number of halogens is 1. The van der Waals surface area contributed by atoms with E-state index in [1.165, 1.54) is 19.2 Å². The highest BCUT2D eigenvalue weighted by molar-refractivity contribution is 7.89. The predicted octanol–water partition coefficient (Wildman–Crippen LogP) is 1.56. The number of hydrogen-bond acceptors (Lipinski definition) is 5. The molecule has 2 aliphatic rings. The van der Waals surface area contributed by atoms with Gasteiger partial charge in [0, 0.05) is 19.1 Å². The molecule has 134 valence electrons. The average Bonchev–Trinajstić information content (AvgIpc) is 3.09. The van der Waals surface area contributed by atoms with Gasteiger partial charge in [-0.25, -0.2) is 13.2 Å². The van der Waals surface area contributed by atoms with E-state index >= 15 is 0 Å². The second-order valence-electron chi connectivity index (χ2n) is 6.46. The van der Waals surface area contributed by atoms with Crippen molar-refractivity contribution in [3.05, 3.63) is 29.3 Å². The van der Waals surface area contributed by atoms with Crippen LogP contribution in [0.4, 0.5) is 0 Å². The molecule has 3 atom stereocenters. The maximum Gasteiger partial charge on any atom is 0.337 e. The predicted molar refractivity (Wildman–Crippen MR) is 92.7 cm³/mol. The van der Waals surface area contributed by atoms with Gasteiger partial charge in [-0.2, -0.15) is 4.31 Å². The molecule has 3 rings (SSSR count). The number of aryl methyl sites for hydroxylation is 1. The van der Waals surface area contributed by atoms with Crippen LogP contribution in [-0.2, 0) is 14.8 Å². The molecule has 0 aromatic heterocycles. The van der Waals surface area contributed by atoms with E-state index < -0.39 is 16.0 Å². The first-order valence-corrected chi connectivity index (χ1v) is 9.23. The van der Waals surface area contributed by atoms with Crippen molar-refractivity contribution < 1.29 is 17.9 Å². The molecule has 6 nitrogen and oxygen atoms in total. The average molecular weight is 375 g/mol. The maximum absolute atomic E-state index is 12.9. The minimum atomic E-state index is -3.56. The summed E-state index contributed by atoms with van der Waals surface area (Å²) in [5.74, 6) is 0.160. The van der Waals surface area contributed by atoms with Crippen molar-refractivity contribution in [3.8, 4) is 0 Å². The van der Waals surface area contributed by atoms with Crippen molar-refractivity contribution in [3.63, 3.8) is 0 Å². The molecule has 24 heavy (non-hydrogen) atoms. The highest BCUT2D eigenvalue weighted by Crippen LogP contribution is 2.39. The lowest BCUT2D eigenvalue weighted by Crippen LogP contribution is -2.33. The van der Waals surface area contributed by atoms with Crippen LogP contribution in [0.25, 0.3) is 0 Å². The Morgan fingerprint density at radius 1 is 1.29 bits per heavy atom. The smallest absolute Gasteiger partial charge is 0.337 e. The molecule has 1 aromatic rings. The lowest BCUT2D eigenvalue weighted by atomic mass is 9.98. The fourth-order valence-electron chi connectivity index (χ4n) is 3.79. The summed E-state index contributed by atoms with van der Waals surface area (Å²) in [6, 6.07) is 4.64. The zero-order valence-corrected chi connectivity index (χ0v) is 15.4. The number of esters is 1. The van der Waals surface area contributed by atoms with E-state index in [9.17, 15) is 13.2 Å². The van der Waals surface area contributed by atoms with Crippen LogP contribution in [0.2, 0.25) is 0 Å². The molecule has 1 saturated carbocycles. The molecule has 1 aliphatic carbocycles. The summed E-state index contributed by atoms with van der Waals surface area (Å²) >= 11 is 0. The summed E-state index contributed by atoms with van der Waals surface area (Å²) in [5.41, 5.74) is 6.99. The Morgan fingerprint density at radius 2 is 2.00 bits per heavy atom. The highest BCUT2D eigenvalue weighted by Gasteiger charge is 2.45. The lowest BCUT2D eigenvalue weighted by Gasteiger charge is -2.20. The van der Waals surface area contributed by atoms with E-state index in [1.807, 2.05) is 0 Å². The first-order valence-electron chi connectivity index (χ1n) is 7.79. The Hall–Kier alpha value is -1.15. The largest absolute Gasteiger partial charge is 0.465 e. The number of rotatable bonds is 3. The molecule has 2 N–H and O–H groups in total. The quantitative estimate of drug-likeness (QED) is 0.811. The van der Waals surface area contributed by atoms with Crippen molar-refractivity contribution in [2.45, 2.75) is 30.7 Å². The van der Waals surface area contributed by atoms with Gasteiger partial charge < -0.3 is 10.5 Å². The number of fused-ring (bicyclic) bond motifs is 1. The topological polar surface area (TPSA) is 89.7 Å². The normalized spacial score (nSPS) is 26.7. The first kappa shape index (κ1) is 19.2. The van der Waals surface area contributed by atoms with Gasteiger partial charge in [0.2, 0.25) is 10.0 Å². The molecule has 1 aliphatic heterocycles. The number of hydrogen-bond donors (Lipinski definition) is 1. The molecule has 0 amide bonds. The van der Waals surface area contributed by atoms with Gasteiger partial charge in [-0.05, 0) is 55.4 Å². The van der Waals surface area contributed by atoms with Crippen molar-refractivity contribution >= 4 is 28.4 Å². The molecule has 0 spiro atoms. The van der Waals surface area contributed by atoms with Crippen molar-refractivity contribution in [2.75, 3.05) is 20.2 Å². The number of nitrogens with two attached hydrogens (primary N) is 1. The number of carbonyl (C=O) groups is 1. The molecule has 0 radical (unpaired) electrons. The molecule has 1 heterocycles. The standard InChI is InChI=1S/C16H22N2O4S.ClH/c1-10-7-11(16(19)22-2)4-6-15(10)23(20,21)18-8-12-3-5-14(17)13(12)9-18;/h4,6-7,12-14H,3,5,8-9,17H2,1-2H3;1H. The molecule has 3 unspecified atom stereocenters. The van der Waals surface area contributed by atoms with Crippen LogP contribution < -0.4 is 5.73 Å². The van der Waals surface area contributed by atoms with E-state index in [2.05, 4.69) is 4.74 Å². The molecular weight excluding hydrogens is 352 g/mol. The maximum atomic E-state index is 12.9. The van der Waals surface area contributed by atoms with Gasteiger partial charge in [0.25, 0.3) is 0 Å².